The number of carbonyl (C=O) groups excluding carboxylic acids is 1. The number of Topliss-reactive ketones (excluding diaryl/α,β-unsaturated/α-hetero) is 1. The summed E-state index contributed by atoms with van der Waals surface area (Å²) in [5, 5.41) is 3.87. The van der Waals surface area contributed by atoms with Gasteiger partial charge in [0, 0.05) is 25.3 Å². The first-order chi connectivity index (χ1) is 15.2. The van der Waals surface area contributed by atoms with Crippen LogP contribution in [0.5, 0.6) is 0 Å². The Bertz CT molecular complexity index is 1480. The summed E-state index contributed by atoms with van der Waals surface area (Å²) in [4.78, 5) is 42.1. The van der Waals surface area contributed by atoms with Crippen LogP contribution in [0.4, 0.5) is 11.6 Å². The molecule has 8 nitrogen and oxygen atoms in total. The lowest BCUT2D eigenvalue weighted by molar-refractivity contribution is 0.101. The number of hydrogen-bond acceptors (Lipinski definition) is 5. The van der Waals surface area contributed by atoms with E-state index in [2.05, 4.69) is 10.3 Å². The number of carbonyl (C=O) groups is 1. The van der Waals surface area contributed by atoms with Crippen molar-refractivity contribution in [3.63, 3.8) is 0 Å². The van der Waals surface area contributed by atoms with Crippen molar-refractivity contribution in [2.45, 2.75) is 13.5 Å². The zero-order valence-electron chi connectivity index (χ0n) is 17.5. The molecule has 164 valence electrons. The van der Waals surface area contributed by atoms with E-state index in [1.165, 1.54) is 11.5 Å². The molecule has 2 aromatic heterocycles. The van der Waals surface area contributed by atoms with Gasteiger partial charge in [-0.25, -0.2) is 4.79 Å². The second kappa shape index (κ2) is 8.29. The molecule has 4 aromatic rings. The number of rotatable bonds is 5. The smallest absolute Gasteiger partial charge is 0.326 e. The molecule has 32 heavy (non-hydrogen) atoms. The number of aromatic nitrogens is 4. The number of aryl methyl sites for hydroxylation is 2. The molecule has 0 amide bonds. The largest absolute Gasteiger partial charge is 0.332 e. The zero-order chi connectivity index (χ0) is 23.2. The maximum Gasteiger partial charge on any atom is 0.332 e. The van der Waals surface area contributed by atoms with Gasteiger partial charge in [-0.1, -0.05) is 29.3 Å². The van der Waals surface area contributed by atoms with Crippen molar-refractivity contribution >= 4 is 51.8 Å². The molecule has 2 heterocycles. The third-order valence-corrected chi connectivity index (χ3v) is 5.97. The second-order valence-corrected chi connectivity index (χ2v) is 8.22. The van der Waals surface area contributed by atoms with E-state index in [0.717, 1.165) is 4.57 Å². The number of nitrogens with zero attached hydrogens (tertiary/aromatic N) is 4. The molecule has 0 saturated carbocycles. The Morgan fingerprint density at radius 3 is 2.31 bits per heavy atom. The molecule has 2 aromatic carbocycles. The molecular weight excluding hydrogens is 453 g/mol. The van der Waals surface area contributed by atoms with Gasteiger partial charge in [-0.05, 0) is 48.9 Å². The van der Waals surface area contributed by atoms with Gasteiger partial charge in [-0.2, -0.15) is 4.98 Å². The fraction of sp³-hybridized carbons (Fsp3) is 0.182. The summed E-state index contributed by atoms with van der Waals surface area (Å²) < 4.78 is 4.06. The predicted octanol–water partition coefficient (Wildman–Crippen LogP) is 3.74. The summed E-state index contributed by atoms with van der Waals surface area (Å²) in [5.41, 5.74) is 1.52. The van der Waals surface area contributed by atoms with Crippen LogP contribution in [0.3, 0.4) is 0 Å². The van der Waals surface area contributed by atoms with Crippen LogP contribution in [0, 0.1) is 0 Å². The van der Waals surface area contributed by atoms with E-state index in [-0.39, 0.29) is 23.5 Å². The summed E-state index contributed by atoms with van der Waals surface area (Å²) in [6.45, 7) is 1.54. The van der Waals surface area contributed by atoms with Crippen molar-refractivity contribution in [2.24, 2.45) is 14.1 Å². The maximum absolute atomic E-state index is 13.2. The zero-order valence-corrected chi connectivity index (χ0v) is 19.0. The van der Waals surface area contributed by atoms with E-state index in [0.29, 0.717) is 32.8 Å². The van der Waals surface area contributed by atoms with Crippen molar-refractivity contribution in [3.05, 3.63) is 84.5 Å². The summed E-state index contributed by atoms with van der Waals surface area (Å²) in [6, 6.07) is 11.9. The van der Waals surface area contributed by atoms with Gasteiger partial charge in [0.25, 0.3) is 5.56 Å². The highest BCUT2D eigenvalue weighted by molar-refractivity contribution is 6.42. The van der Waals surface area contributed by atoms with Gasteiger partial charge in [0.2, 0.25) is 5.95 Å². The lowest BCUT2D eigenvalue weighted by atomic mass is 10.1. The van der Waals surface area contributed by atoms with Gasteiger partial charge >= 0.3 is 5.69 Å². The van der Waals surface area contributed by atoms with Gasteiger partial charge in [-0.15, -0.1) is 0 Å². The van der Waals surface area contributed by atoms with Crippen molar-refractivity contribution in [3.8, 4) is 0 Å². The number of nitrogens with one attached hydrogen (secondary N) is 1. The van der Waals surface area contributed by atoms with Gasteiger partial charge in [-0.3, -0.25) is 18.7 Å². The standard InChI is InChI=1S/C22H19Cl2N5O3/c1-12(30)14-5-7-15(8-6-14)25-21-26-19-18(27(21)2)20(31)29(22(32)28(19)3)11-13-4-9-16(23)17(24)10-13/h4-10H,11H2,1-3H3,(H,25,26). The number of anilines is 2. The third kappa shape index (κ3) is 3.83. The van der Waals surface area contributed by atoms with Gasteiger partial charge in [0.1, 0.15) is 0 Å². The van der Waals surface area contributed by atoms with E-state index in [1.54, 1.807) is 61.1 Å². The minimum atomic E-state index is -0.496. The molecular formula is C22H19Cl2N5O3. The van der Waals surface area contributed by atoms with Gasteiger partial charge < -0.3 is 9.88 Å². The van der Waals surface area contributed by atoms with Gasteiger partial charge in [0.15, 0.2) is 16.9 Å². The van der Waals surface area contributed by atoms with Crippen LogP contribution in [0.1, 0.15) is 22.8 Å². The summed E-state index contributed by atoms with van der Waals surface area (Å²) >= 11 is 12.0. The Balaban J connectivity index is 1.78. The van der Waals surface area contributed by atoms with Crippen LogP contribution in [-0.4, -0.2) is 24.5 Å². The average Bonchev–Trinajstić information content (AvgIpc) is 3.09. The molecule has 0 unspecified atom stereocenters. The Kier molecular flexibility index (Phi) is 5.66. The minimum absolute atomic E-state index is 0.0307. The monoisotopic (exact) mass is 471 g/mol. The topological polar surface area (TPSA) is 90.9 Å². The quantitative estimate of drug-likeness (QED) is 0.447. The Morgan fingerprint density at radius 1 is 1.00 bits per heavy atom. The number of benzene rings is 2. The number of ketones is 1. The van der Waals surface area contributed by atoms with Crippen molar-refractivity contribution in [1.82, 2.24) is 18.7 Å². The fourth-order valence-electron chi connectivity index (χ4n) is 3.43. The van der Waals surface area contributed by atoms with Crippen molar-refractivity contribution in [2.75, 3.05) is 5.32 Å². The SMILES string of the molecule is CC(=O)c1ccc(Nc2nc3c(c(=O)n(Cc4ccc(Cl)c(Cl)c4)c(=O)n3C)n2C)cc1. The molecule has 0 aliphatic rings. The summed E-state index contributed by atoms with van der Waals surface area (Å²) in [6.07, 6.45) is 0. The molecule has 0 atom stereocenters. The molecule has 0 saturated heterocycles. The van der Waals surface area contributed by atoms with E-state index < -0.39 is 11.2 Å². The third-order valence-electron chi connectivity index (χ3n) is 5.23. The maximum atomic E-state index is 13.2. The van der Waals surface area contributed by atoms with Crippen LogP contribution < -0.4 is 16.6 Å². The normalized spacial score (nSPS) is 11.2. The molecule has 0 fully saturated rings. The molecule has 0 aliphatic carbocycles. The van der Waals surface area contributed by atoms with Crippen LogP contribution >= 0.6 is 23.2 Å². The molecule has 0 bridgehead atoms. The van der Waals surface area contributed by atoms with E-state index in [1.807, 2.05) is 0 Å². The highest BCUT2D eigenvalue weighted by Crippen LogP contribution is 2.23. The summed E-state index contributed by atoms with van der Waals surface area (Å²) in [7, 11) is 3.25. The average molecular weight is 472 g/mol. The molecule has 0 spiro atoms. The van der Waals surface area contributed by atoms with Crippen molar-refractivity contribution < 1.29 is 4.79 Å². The van der Waals surface area contributed by atoms with Crippen LogP contribution in [0.25, 0.3) is 11.2 Å². The minimum Gasteiger partial charge on any atom is -0.326 e. The second-order valence-electron chi connectivity index (χ2n) is 7.41. The Labute approximate surface area is 192 Å². The van der Waals surface area contributed by atoms with E-state index in [9.17, 15) is 14.4 Å². The first-order valence-corrected chi connectivity index (χ1v) is 10.4. The first-order valence-electron chi connectivity index (χ1n) is 9.65. The van der Waals surface area contributed by atoms with Crippen molar-refractivity contribution in [1.29, 1.82) is 0 Å². The van der Waals surface area contributed by atoms with Crippen LogP contribution in [0.2, 0.25) is 10.0 Å². The first kappa shape index (κ1) is 21.9. The van der Waals surface area contributed by atoms with Crippen LogP contribution in [0.15, 0.2) is 52.1 Å². The fourth-order valence-corrected chi connectivity index (χ4v) is 3.75. The molecule has 10 heteroatoms. The molecule has 4 rings (SSSR count). The highest BCUT2D eigenvalue weighted by atomic mass is 35.5. The molecule has 0 aliphatic heterocycles. The summed E-state index contributed by atoms with van der Waals surface area (Å²) in [5.74, 6) is 0.353. The number of imidazole rings is 1. The number of halogens is 2. The Morgan fingerprint density at radius 2 is 1.69 bits per heavy atom. The highest BCUT2D eigenvalue weighted by Gasteiger charge is 2.19. The number of hydrogen-bond donors (Lipinski definition) is 1. The van der Waals surface area contributed by atoms with Crippen LogP contribution in [-0.2, 0) is 20.6 Å². The number of fused-ring (bicyclic) bond motifs is 1. The van der Waals surface area contributed by atoms with E-state index >= 15 is 0 Å². The van der Waals surface area contributed by atoms with E-state index in [4.69, 9.17) is 23.2 Å². The molecule has 1 N–H and O–H groups in total. The predicted molar refractivity (Wildman–Crippen MR) is 126 cm³/mol. The lowest BCUT2D eigenvalue weighted by Gasteiger charge is -2.09. The Hall–Kier alpha value is -3.36. The lowest BCUT2D eigenvalue weighted by Crippen LogP contribution is -2.39. The molecule has 0 radical (unpaired) electrons. The van der Waals surface area contributed by atoms with Gasteiger partial charge in [0.05, 0.1) is 16.6 Å².